The number of carbonyl (C=O) groups is 3. The molecule has 0 saturated carbocycles. The van der Waals surface area contributed by atoms with Crippen molar-refractivity contribution in [1.29, 1.82) is 0 Å². The van der Waals surface area contributed by atoms with Gasteiger partial charge in [0.25, 0.3) is 0 Å². The van der Waals surface area contributed by atoms with Crippen LogP contribution in [0.5, 0.6) is 0 Å². The second-order valence-corrected chi connectivity index (χ2v) is 19.2. The van der Waals surface area contributed by atoms with Crippen molar-refractivity contribution in [3.8, 4) is 0 Å². The van der Waals surface area contributed by atoms with Crippen molar-refractivity contribution in [3.05, 3.63) is 72.9 Å². The summed E-state index contributed by atoms with van der Waals surface area (Å²) in [5.41, 5.74) is 0. The van der Waals surface area contributed by atoms with Crippen molar-refractivity contribution in [1.82, 2.24) is 0 Å². The summed E-state index contributed by atoms with van der Waals surface area (Å²) >= 11 is 0. The van der Waals surface area contributed by atoms with Gasteiger partial charge in [-0.25, -0.2) is 0 Å². The lowest BCUT2D eigenvalue weighted by Gasteiger charge is -2.18. The minimum Gasteiger partial charge on any atom is -0.462 e. The SMILES string of the molecule is CC/C=C\C/C=C\C/C=C\C/C=C\CCCCCCC(=O)OC(COC(=O)CCCCCCC/C=C\CCCCC)COC(=O)CCCCCCCCCCC/C=C\CCCCCCCCCC. The van der Waals surface area contributed by atoms with Crippen LogP contribution >= 0.6 is 0 Å². The van der Waals surface area contributed by atoms with Gasteiger partial charge in [-0.1, -0.05) is 229 Å². The number of esters is 3. The molecule has 0 fully saturated rings. The maximum absolute atomic E-state index is 12.8. The maximum atomic E-state index is 12.8. The summed E-state index contributed by atoms with van der Waals surface area (Å²) in [7, 11) is 0. The van der Waals surface area contributed by atoms with Crippen molar-refractivity contribution in [2.75, 3.05) is 13.2 Å². The van der Waals surface area contributed by atoms with E-state index in [0.29, 0.717) is 19.3 Å². The fraction of sp³-hybridized carbons (Fsp3) is 0.758. The van der Waals surface area contributed by atoms with Crippen LogP contribution in [-0.2, 0) is 28.6 Å². The van der Waals surface area contributed by atoms with Crippen LogP contribution in [0.25, 0.3) is 0 Å². The van der Waals surface area contributed by atoms with Crippen molar-refractivity contribution in [3.63, 3.8) is 0 Å². The van der Waals surface area contributed by atoms with Gasteiger partial charge >= 0.3 is 17.9 Å². The molecule has 0 aromatic carbocycles. The molecule has 6 nitrogen and oxygen atoms in total. The van der Waals surface area contributed by atoms with Gasteiger partial charge in [0.05, 0.1) is 0 Å². The minimum atomic E-state index is -0.792. The number of hydrogen-bond donors (Lipinski definition) is 0. The van der Waals surface area contributed by atoms with E-state index in [1.54, 1.807) is 0 Å². The van der Waals surface area contributed by atoms with E-state index in [4.69, 9.17) is 14.2 Å². The largest absolute Gasteiger partial charge is 0.462 e. The van der Waals surface area contributed by atoms with Crippen molar-refractivity contribution < 1.29 is 28.6 Å². The van der Waals surface area contributed by atoms with Gasteiger partial charge in [0.15, 0.2) is 6.10 Å². The summed E-state index contributed by atoms with van der Waals surface area (Å²) in [6.45, 7) is 6.49. The molecular weight excluding hydrogens is 841 g/mol. The van der Waals surface area contributed by atoms with E-state index in [1.807, 2.05) is 0 Å². The van der Waals surface area contributed by atoms with Crippen LogP contribution in [-0.4, -0.2) is 37.2 Å². The molecule has 0 rings (SSSR count). The molecular formula is C62H108O6. The molecule has 1 atom stereocenters. The molecule has 6 heteroatoms. The van der Waals surface area contributed by atoms with E-state index >= 15 is 0 Å². The van der Waals surface area contributed by atoms with Gasteiger partial charge in [0.2, 0.25) is 0 Å². The summed E-state index contributed by atoms with van der Waals surface area (Å²) in [5, 5.41) is 0. The molecule has 0 amide bonds. The zero-order valence-electron chi connectivity index (χ0n) is 44.9. The Morgan fingerprint density at radius 3 is 0.941 bits per heavy atom. The number of carbonyl (C=O) groups excluding carboxylic acids is 3. The maximum Gasteiger partial charge on any atom is 0.306 e. The molecule has 0 aliphatic carbocycles. The molecule has 0 aromatic rings. The highest BCUT2D eigenvalue weighted by Gasteiger charge is 2.19. The Bertz CT molecular complexity index is 1270. The molecule has 0 radical (unpaired) electrons. The quantitative estimate of drug-likeness (QED) is 0.0262. The van der Waals surface area contributed by atoms with Crippen molar-refractivity contribution >= 4 is 17.9 Å². The van der Waals surface area contributed by atoms with Crippen LogP contribution in [0.1, 0.15) is 284 Å². The predicted octanol–water partition coefficient (Wildman–Crippen LogP) is 19.4. The fourth-order valence-corrected chi connectivity index (χ4v) is 8.07. The number of unbranched alkanes of at least 4 members (excludes halogenated alkanes) is 29. The Labute approximate surface area is 421 Å². The molecule has 0 bridgehead atoms. The van der Waals surface area contributed by atoms with E-state index in [9.17, 15) is 14.4 Å². The average molecular weight is 950 g/mol. The van der Waals surface area contributed by atoms with Gasteiger partial charge in [-0.05, 0) is 109 Å². The van der Waals surface area contributed by atoms with Gasteiger partial charge < -0.3 is 14.2 Å². The molecule has 0 heterocycles. The lowest BCUT2D eigenvalue weighted by molar-refractivity contribution is -0.167. The molecule has 68 heavy (non-hydrogen) atoms. The van der Waals surface area contributed by atoms with Crippen molar-refractivity contribution in [2.45, 2.75) is 290 Å². The van der Waals surface area contributed by atoms with E-state index in [2.05, 4.69) is 93.7 Å². The number of ether oxygens (including phenoxy) is 3. The lowest BCUT2D eigenvalue weighted by atomic mass is 10.1. The average Bonchev–Trinajstić information content (AvgIpc) is 3.34. The van der Waals surface area contributed by atoms with Gasteiger partial charge in [0, 0.05) is 19.3 Å². The van der Waals surface area contributed by atoms with E-state index in [1.165, 1.54) is 141 Å². The molecule has 0 aliphatic heterocycles. The lowest BCUT2D eigenvalue weighted by Crippen LogP contribution is -2.30. The standard InChI is InChI=1S/C62H108O6/c1-4-7-10-13-16-19-22-25-27-29-30-31-32-34-35-37-40-43-46-49-52-55-61(64)67-58-59(57-66-60(63)54-51-48-45-42-39-24-21-18-15-12-9-6-3)68-62(65)56-53-50-47-44-41-38-36-33-28-26-23-20-17-14-11-8-5-2/h8,11,17-18,20-21,26,28-30,36,38,59H,4-7,9-10,12-16,19,22-25,27,31-35,37,39-58H2,1-3H3/b11-8-,20-17-,21-18-,28-26-,30-29-,38-36-. The van der Waals surface area contributed by atoms with Crippen molar-refractivity contribution in [2.24, 2.45) is 0 Å². The zero-order chi connectivity index (χ0) is 49.3. The Hall–Kier alpha value is -3.15. The summed E-state index contributed by atoms with van der Waals surface area (Å²) < 4.78 is 16.8. The molecule has 1 unspecified atom stereocenters. The molecule has 0 aliphatic rings. The van der Waals surface area contributed by atoms with Crippen LogP contribution in [0.3, 0.4) is 0 Å². The molecule has 0 N–H and O–H groups in total. The third-order valence-corrected chi connectivity index (χ3v) is 12.4. The molecule has 0 saturated heterocycles. The van der Waals surface area contributed by atoms with Crippen LogP contribution in [0, 0.1) is 0 Å². The highest BCUT2D eigenvalue weighted by molar-refractivity contribution is 5.71. The Morgan fingerprint density at radius 2 is 0.574 bits per heavy atom. The molecule has 0 spiro atoms. The Balaban J connectivity index is 4.36. The second-order valence-electron chi connectivity index (χ2n) is 19.2. The van der Waals surface area contributed by atoms with Crippen LogP contribution in [0.15, 0.2) is 72.9 Å². The number of hydrogen-bond acceptors (Lipinski definition) is 6. The first kappa shape index (κ1) is 64.8. The Morgan fingerprint density at radius 1 is 0.309 bits per heavy atom. The first-order chi connectivity index (χ1) is 33.5. The zero-order valence-corrected chi connectivity index (χ0v) is 44.9. The normalized spacial score (nSPS) is 12.6. The fourth-order valence-electron chi connectivity index (χ4n) is 8.07. The third kappa shape index (κ3) is 53.8. The summed E-state index contributed by atoms with van der Waals surface area (Å²) in [4.78, 5) is 38.1. The highest BCUT2D eigenvalue weighted by atomic mass is 16.6. The van der Waals surface area contributed by atoms with Gasteiger partial charge in [-0.15, -0.1) is 0 Å². The Kier molecular flexibility index (Phi) is 53.8. The number of allylic oxidation sites excluding steroid dienone is 12. The third-order valence-electron chi connectivity index (χ3n) is 12.4. The predicted molar refractivity (Wildman–Crippen MR) is 293 cm³/mol. The van der Waals surface area contributed by atoms with E-state index in [0.717, 1.165) is 103 Å². The first-order valence-electron chi connectivity index (χ1n) is 28.9. The van der Waals surface area contributed by atoms with Crippen LogP contribution < -0.4 is 0 Å². The summed E-state index contributed by atoms with van der Waals surface area (Å²) in [6, 6.07) is 0. The van der Waals surface area contributed by atoms with Crippen LogP contribution in [0.4, 0.5) is 0 Å². The number of rotatable bonds is 52. The first-order valence-corrected chi connectivity index (χ1v) is 28.9. The van der Waals surface area contributed by atoms with Gasteiger partial charge in [0.1, 0.15) is 13.2 Å². The molecule has 392 valence electrons. The van der Waals surface area contributed by atoms with E-state index < -0.39 is 6.10 Å². The van der Waals surface area contributed by atoms with E-state index in [-0.39, 0.29) is 31.1 Å². The second kappa shape index (κ2) is 56.4. The highest BCUT2D eigenvalue weighted by Crippen LogP contribution is 2.15. The molecule has 0 aromatic heterocycles. The minimum absolute atomic E-state index is 0.0885. The van der Waals surface area contributed by atoms with Crippen LogP contribution in [0.2, 0.25) is 0 Å². The van der Waals surface area contributed by atoms with Gasteiger partial charge in [-0.2, -0.15) is 0 Å². The summed E-state index contributed by atoms with van der Waals surface area (Å²) in [5.74, 6) is -0.917. The topological polar surface area (TPSA) is 78.9 Å². The smallest absolute Gasteiger partial charge is 0.306 e. The monoisotopic (exact) mass is 949 g/mol. The summed E-state index contributed by atoms with van der Waals surface area (Å²) in [6.07, 6.45) is 71.8. The van der Waals surface area contributed by atoms with Gasteiger partial charge in [-0.3, -0.25) is 14.4 Å².